The van der Waals surface area contributed by atoms with Crippen LogP contribution in [0.25, 0.3) is 0 Å². The Morgan fingerprint density at radius 3 is 2.35 bits per heavy atom. The van der Waals surface area contributed by atoms with Crippen molar-refractivity contribution in [3.05, 3.63) is 65.7 Å². The second-order valence-corrected chi connectivity index (χ2v) is 5.64. The third-order valence-electron chi connectivity index (χ3n) is 3.94. The molecule has 0 radical (unpaired) electrons. The van der Waals surface area contributed by atoms with E-state index in [0.717, 1.165) is 16.9 Å². The number of ether oxygens (including phenoxy) is 1. The van der Waals surface area contributed by atoms with E-state index in [2.05, 4.69) is 5.32 Å². The highest BCUT2D eigenvalue weighted by atomic mass is 16.5. The first kappa shape index (κ1) is 17.0. The summed E-state index contributed by atoms with van der Waals surface area (Å²) in [6.07, 6.45) is 0. The highest BCUT2D eigenvalue weighted by Crippen LogP contribution is 2.13. The minimum absolute atomic E-state index is 0.0323. The molecule has 0 aliphatic carbocycles. The van der Waals surface area contributed by atoms with Crippen LogP contribution in [0.1, 0.15) is 18.1 Å². The van der Waals surface area contributed by atoms with Crippen LogP contribution < -0.4 is 10.1 Å². The molecule has 1 amide bonds. The van der Waals surface area contributed by atoms with Crippen molar-refractivity contribution in [1.82, 2.24) is 10.2 Å². The van der Waals surface area contributed by atoms with Gasteiger partial charge >= 0.3 is 0 Å². The van der Waals surface area contributed by atoms with Gasteiger partial charge in [-0.15, -0.1) is 0 Å². The minimum Gasteiger partial charge on any atom is -0.497 e. The fraction of sp³-hybridized carbons (Fsp3) is 0.316. The summed E-state index contributed by atoms with van der Waals surface area (Å²) in [7, 11) is 3.61. The van der Waals surface area contributed by atoms with Crippen molar-refractivity contribution in [3.63, 3.8) is 0 Å². The molecule has 2 aromatic rings. The van der Waals surface area contributed by atoms with E-state index in [9.17, 15) is 4.79 Å². The maximum Gasteiger partial charge on any atom is 0.237 e. The van der Waals surface area contributed by atoms with Crippen LogP contribution in [-0.4, -0.2) is 31.0 Å². The molecule has 2 aromatic carbocycles. The van der Waals surface area contributed by atoms with Gasteiger partial charge in [-0.25, -0.2) is 0 Å². The second-order valence-electron chi connectivity index (χ2n) is 5.64. The number of amides is 1. The van der Waals surface area contributed by atoms with Crippen LogP contribution in [0.5, 0.6) is 5.75 Å². The zero-order valence-electron chi connectivity index (χ0n) is 14.0. The number of hydrogen-bond donors (Lipinski definition) is 1. The second kappa shape index (κ2) is 8.34. The average molecular weight is 312 g/mol. The zero-order valence-corrected chi connectivity index (χ0v) is 14.0. The molecule has 0 unspecified atom stereocenters. The third-order valence-corrected chi connectivity index (χ3v) is 3.94. The Morgan fingerprint density at radius 1 is 1.09 bits per heavy atom. The Morgan fingerprint density at radius 2 is 1.74 bits per heavy atom. The molecule has 4 heteroatoms. The SMILES string of the molecule is COc1ccc(CN(C)[C@@H](C)C(=O)NCc2ccccc2)cc1. The van der Waals surface area contributed by atoms with Crippen LogP contribution in [0.2, 0.25) is 0 Å². The Labute approximate surface area is 138 Å². The number of likely N-dealkylation sites (N-methyl/N-ethyl adjacent to an activating group) is 1. The van der Waals surface area contributed by atoms with Crippen LogP contribution in [0.4, 0.5) is 0 Å². The Balaban J connectivity index is 1.85. The molecule has 2 rings (SSSR count). The number of nitrogens with one attached hydrogen (secondary N) is 1. The monoisotopic (exact) mass is 312 g/mol. The van der Waals surface area contributed by atoms with Crippen molar-refractivity contribution < 1.29 is 9.53 Å². The molecule has 0 bridgehead atoms. The van der Waals surface area contributed by atoms with Gasteiger partial charge in [0.1, 0.15) is 5.75 Å². The molecule has 1 N–H and O–H groups in total. The first-order chi connectivity index (χ1) is 11.1. The number of carbonyl (C=O) groups is 1. The van der Waals surface area contributed by atoms with Gasteiger partial charge in [0.2, 0.25) is 5.91 Å². The molecule has 0 saturated heterocycles. The fourth-order valence-corrected chi connectivity index (χ4v) is 2.29. The standard InChI is InChI=1S/C19H24N2O2/c1-15(19(22)20-13-16-7-5-4-6-8-16)21(2)14-17-9-11-18(23-3)12-10-17/h4-12,15H,13-14H2,1-3H3,(H,20,22)/t15-/m0/s1. The van der Waals surface area contributed by atoms with Gasteiger partial charge < -0.3 is 10.1 Å². The Kier molecular flexibility index (Phi) is 6.18. The van der Waals surface area contributed by atoms with Crippen molar-refractivity contribution in [3.8, 4) is 5.75 Å². The molecule has 1 atom stereocenters. The topological polar surface area (TPSA) is 41.6 Å². The predicted octanol–water partition coefficient (Wildman–Crippen LogP) is 2.83. The summed E-state index contributed by atoms with van der Waals surface area (Å²) in [4.78, 5) is 14.3. The molecule has 0 fully saturated rings. The highest BCUT2D eigenvalue weighted by Gasteiger charge is 2.17. The van der Waals surface area contributed by atoms with Gasteiger partial charge in [-0.05, 0) is 37.2 Å². The van der Waals surface area contributed by atoms with Crippen molar-refractivity contribution >= 4 is 5.91 Å². The predicted molar refractivity (Wildman–Crippen MR) is 92.2 cm³/mol. The lowest BCUT2D eigenvalue weighted by Crippen LogP contribution is -2.42. The first-order valence-electron chi connectivity index (χ1n) is 7.75. The number of carbonyl (C=O) groups excluding carboxylic acids is 1. The lowest BCUT2D eigenvalue weighted by atomic mass is 10.1. The Hall–Kier alpha value is -2.33. The summed E-state index contributed by atoms with van der Waals surface area (Å²) in [5, 5.41) is 2.98. The van der Waals surface area contributed by atoms with Gasteiger partial charge in [-0.3, -0.25) is 9.69 Å². The molecule has 23 heavy (non-hydrogen) atoms. The molecule has 0 spiro atoms. The summed E-state index contributed by atoms with van der Waals surface area (Å²) in [6.45, 7) is 3.19. The summed E-state index contributed by atoms with van der Waals surface area (Å²) in [6, 6.07) is 17.6. The van der Waals surface area contributed by atoms with E-state index in [4.69, 9.17) is 4.74 Å². The zero-order chi connectivity index (χ0) is 16.7. The molecule has 4 nitrogen and oxygen atoms in total. The first-order valence-corrected chi connectivity index (χ1v) is 7.75. The van der Waals surface area contributed by atoms with Crippen LogP contribution >= 0.6 is 0 Å². The molecular formula is C19H24N2O2. The quantitative estimate of drug-likeness (QED) is 0.855. The molecule has 0 aromatic heterocycles. The Bertz CT molecular complexity index is 611. The smallest absolute Gasteiger partial charge is 0.237 e. The van der Waals surface area contributed by atoms with Crippen molar-refractivity contribution in [2.75, 3.05) is 14.2 Å². The normalized spacial score (nSPS) is 12.0. The highest BCUT2D eigenvalue weighted by molar-refractivity contribution is 5.81. The van der Waals surface area contributed by atoms with E-state index in [1.54, 1.807) is 7.11 Å². The van der Waals surface area contributed by atoms with Gasteiger partial charge in [-0.1, -0.05) is 42.5 Å². The molecule has 0 aliphatic heterocycles. The third kappa shape index (κ3) is 5.11. The van der Waals surface area contributed by atoms with E-state index < -0.39 is 0 Å². The van der Waals surface area contributed by atoms with Gasteiger partial charge in [0.05, 0.1) is 13.2 Å². The summed E-state index contributed by atoms with van der Waals surface area (Å²) < 4.78 is 5.16. The molecule has 0 aliphatic rings. The summed E-state index contributed by atoms with van der Waals surface area (Å²) in [5.74, 6) is 0.870. The molecule has 0 saturated carbocycles. The largest absolute Gasteiger partial charge is 0.497 e. The summed E-state index contributed by atoms with van der Waals surface area (Å²) >= 11 is 0. The number of nitrogens with zero attached hydrogens (tertiary/aromatic N) is 1. The van der Waals surface area contributed by atoms with Gasteiger partial charge in [0.25, 0.3) is 0 Å². The van der Waals surface area contributed by atoms with E-state index in [0.29, 0.717) is 13.1 Å². The van der Waals surface area contributed by atoms with Crippen molar-refractivity contribution in [2.45, 2.75) is 26.1 Å². The number of methoxy groups -OCH3 is 1. The fourth-order valence-electron chi connectivity index (χ4n) is 2.29. The van der Waals surface area contributed by atoms with Crippen molar-refractivity contribution in [1.29, 1.82) is 0 Å². The van der Waals surface area contributed by atoms with E-state index >= 15 is 0 Å². The number of rotatable bonds is 7. The van der Waals surface area contributed by atoms with Crippen LogP contribution in [0.3, 0.4) is 0 Å². The lowest BCUT2D eigenvalue weighted by molar-refractivity contribution is -0.125. The van der Waals surface area contributed by atoms with Crippen LogP contribution in [-0.2, 0) is 17.9 Å². The maximum atomic E-state index is 12.3. The summed E-state index contributed by atoms with van der Waals surface area (Å²) in [5.41, 5.74) is 2.25. The minimum atomic E-state index is -0.194. The van der Waals surface area contributed by atoms with Crippen molar-refractivity contribution in [2.24, 2.45) is 0 Å². The van der Waals surface area contributed by atoms with E-state index in [1.165, 1.54) is 0 Å². The van der Waals surface area contributed by atoms with Crippen LogP contribution in [0, 0.1) is 0 Å². The van der Waals surface area contributed by atoms with Gasteiger partial charge in [0.15, 0.2) is 0 Å². The van der Waals surface area contributed by atoms with Crippen LogP contribution in [0.15, 0.2) is 54.6 Å². The number of hydrogen-bond acceptors (Lipinski definition) is 3. The van der Waals surface area contributed by atoms with Gasteiger partial charge in [0, 0.05) is 13.1 Å². The molecule has 0 heterocycles. The lowest BCUT2D eigenvalue weighted by Gasteiger charge is -2.24. The molecule has 122 valence electrons. The number of benzene rings is 2. The molecular weight excluding hydrogens is 288 g/mol. The van der Waals surface area contributed by atoms with E-state index in [-0.39, 0.29) is 11.9 Å². The van der Waals surface area contributed by atoms with Gasteiger partial charge in [-0.2, -0.15) is 0 Å². The van der Waals surface area contributed by atoms with E-state index in [1.807, 2.05) is 73.5 Å². The average Bonchev–Trinajstić information content (AvgIpc) is 2.60. The maximum absolute atomic E-state index is 12.3.